The quantitative estimate of drug-likeness (QED) is 0.561. The molecule has 1 saturated heterocycles. The third kappa shape index (κ3) is 4.96. The van der Waals surface area contributed by atoms with Crippen LogP contribution < -0.4 is 4.74 Å². The maximum Gasteiger partial charge on any atom is 0.233 e. The molecule has 1 amide bonds. The number of likely N-dealkylation sites (tertiary alicyclic amines) is 1. The van der Waals surface area contributed by atoms with Gasteiger partial charge in [0, 0.05) is 31.3 Å². The maximum atomic E-state index is 12.2. The lowest BCUT2D eigenvalue weighted by Crippen LogP contribution is -2.29. The monoisotopic (exact) mass is 481 g/mol. The maximum absolute atomic E-state index is 12.2. The molecule has 2 unspecified atom stereocenters. The summed E-state index contributed by atoms with van der Waals surface area (Å²) in [6.07, 6.45) is 2.25. The molecule has 5 nitrogen and oxygen atoms in total. The van der Waals surface area contributed by atoms with E-state index in [2.05, 4.69) is 20.9 Å². The Morgan fingerprint density at radius 2 is 2.11 bits per heavy atom. The van der Waals surface area contributed by atoms with Gasteiger partial charge in [0.05, 0.1) is 27.5 Å². The molecule has 2 heterocycles. The standard InChI is InChI=1S/C20H18BrCl2N3O2/c21-8-20(27)26-11-15(5-6-28-19-4-1-13(9-24)10-25-19)16(12-26)14-2-3-17(22)18(23)7-14/h1-4,7,10,15-16H,5-6,8,11-12H2. The Labute approximate surface area is 182 Å². The van der Waals surface area contributed by atoms with Crippen molar-refractivity contribution >= 4 is 45.0 Å². The van der Waals surface area contributed by atoms with Gasteiger partial charge in [0.15, 0.2) is 0 Å². The average molecular weight is 483 g/mol. The number of nitrogens with zero attached hydrogens (tertiary/aromatic N) is 3. The van der Waals surface area contributed by atoms with Gasteiger partial charge >= 0.3 is 0 Å². The third-order valence-electron chi connectivity index (χ3n) is 4.88. The molecule has 1 fully saturated rings. The highest BCUT2D eigenvalue weighted by atomic mass is 79.9. The molecule has 2 aromatic rings. The summed E-state index contributed by atoms with van der Waals surface area (Å²) in [5.74, 6) is 0.952. The molecule has 2 atom stereocenters. The van der Waals surface area contributed by atoms with Crippen LogP contribution >= 0.6 is 39.1 Å². The molecular formula is C20H18BrCl2N3O2. The Hall–Kier alpha value is -1.81. The van der Waals surface area contributed by atoms with Gasteiger partial charge in [0.25, 0.3) is 0 Å². The molecule has 0 radical (unpaired) electrons. The molecule has 0 bridgehead atoms. The first-order valence-corrected chi connectivity index (χ1v) is 10.7. The Kier molecular flexibility index (Phi) is 7.17. The topological polar surface area (TPSA) is 66.2 Å². The number of pyridine rings is 1. The van der Waals surface area contributed by atoms with E-state index in [1.165, 1.54) is 6.20 Å². The Morgan fingerprint density at radius 1 is 1.29 bits per heavy atom. The number of carbonyl (C=O) groups excluding carboxylic acids is 1. The number of hydrogen-bond acceptors (Lipinski definition) is 4. The van der Waals surface area contributed by atoms with Gasteiger partial charge in [0.2, 0.25) is 11.8 Å². The minimum atomic E-state index is 0.0715. The molecule has 1 aliphatic rings. The highest BCUT2D eigenvalue weighted by molar-refractivity contribution is 9.09. The molecule has 3 rings (SSSR count). The zero-order chi connectivity index (χ0) is 20.1. The number of rotatable bonds is 6. The van der Waals surface area contributed by atoms with Crippen LogP contribution in [0.1, 0.15) is 23.5 Å². The summed E-state index contributed by atoms with van der Waals surface area (Å²) in [5, 5.41) is 10.2. The van der Waals surface area contributed by atoms with Crippen LogP contribution in [0.4, 0.5) is 0 Å². The second-order valence-electron chi connectivity index (χ2n) is 6.61. The van der Waals surface area contributed by atoms with Gasteiger partial charge in [-0.05, 0) is 36.1 Å². The molecule has 146 valence electrons. The first-order valence-electron chi connectivity index (χ1n) is 8.79. The van der Waals surface area contributed by atoms with Gasteiger partial charge in [0.1, 0.15) is 6.07 Å². The van der Waals surface area contributed by atoms with E-state index < -0.39 is 0 Å². The van der Waals surface area contributed by atoms with Crippen molar-refractivity contribution in [3.05, 3.63) is 57.7 Å². The number of nitriles is 1. The Balaban J connectivity index is 1.68. The molecule has 0 N–H and O–H groups in total. The molecule has 28 heavy (non-hydrogen) atoms. The van der Waals surface area contributed by atoms with Crippen molar-refractivity contribution in [2.75, 3.05) is 25.0 Å². The summed E-state index contributed by atoms with van der Waals surface area (Å²) in [6, 6.07) is 11.0. The van der Waals surface area contributed by atoms with Crippen molar-refractivity contribution < 1.29 is 9.53 Å². The van der Waals surface area contributed by atoms with Crippen LogP contribution in [0.5, 0.6) is 5.88 Å². The van der Waals surface area contributed by atoms with Crippen molar-refractivity contribution in [3.8, 4) is 11.9 Å². The highest BCUT2D eigenvalue weighted by Crippen LogP contribution is 2.37. The lowest BCUT2D eigenvalue weighted by atomic mass is 9.87. The average Bonchev–Trinajstić information content (AvgIpc) is 3.14. The van der Waals surface area contributed by atoms with Crippen LogP contribution in [0, 0.1) is 17.2 Å². The van der Waals surface area contributed by atoms with Crippen molar-refractivity contribution in [1.82, 2.24) is 9.88 Å². The molecule has 1 aliphatic heterocycles. The number of benzene rings is 1. The second kappa shape index (κ2) is 9.60. The van der Waals surface area contributed by atoms with E-state index in [9.17, 15) is 4.79 Å². The summed E-state index contributed by atoms with van der Waals surface area (Å²) in [7, 11) is 0. The number of hydrogen-bond donors (Lipinski definition) is 0. The first kappa shape index (κ1) is 20.9. The highest BCUT2D eigenvalue weighted by Gasteiger charge is 2.35. The fraction of sp³-hybridized carbons (Fsp3) is 0.350. The van der Waals surface area contributed by atoms with Crippen LogP contribution in [0.2, 0.25) is 10.0 Å². The number of aromatic nitrogens is 1. The molecule has 0 saturated carbocycles. The number of ether oxygens (including phenoxy) is 1. The number of carbonyl (C=O) groups is 1. The number of halogens is 3. The summed E-state index contributed by atoms with van der Waals surface area (Å²) < 4.78 is 5.74. The van der Waals surface area contributed by atoms with Crippen LogP contribution in [0.25, 0.3) is 0 Å². The fourth-order valence-electron chi connectivity index (χ4n) is 3.42. The van der Waals surface area contributed by atoms with E-state index in [1.54, 1.807) is 18.2 Å². The normalized spacial score (nSPS) is 18.7. The van der Waals surface area contributed by atoms with Gasteiger partial charge in [-0.25, -0.2) is 4.98 Å². The molecular weight excluding hydrogens is 465 g/mol. The van der Waals surface area contributed by atoms with Crippen molar-refractivity contribution in [3.63, 3.8) is 0 Å². The zero-order valence-electron chi connectivity index (χ0n) is 14.9. The summed E-state index contributed by atoms with van der Waals surface area (Å²) >= 11 is 15.5. The van der Waals surface area contributed by atoms with E-state index >= 15 is 0 Å². The van der Waals surface area contributed by atoms with Crippen LogP contribution in [0.15, 0.2) is 36.5 Å². The van der Waals surface area contributed by atoms with Crippen molar-refractivity contribution in [2.24, 2.45) is 5.92 Å². The van der Waals surface area contributed by atoms with Gasteiger partial charge in [-0.3, -0.25) is 4.79 Å². The van der Waals surface area contributed by atoms with Crippen molar-refractivity contribution in [1.29, 1.82) is 5.26 Å². The lowest BCUT2D eigenvalue weighted by molar-refractivity contribution is -0.127. The van der Waals surface area contributed by atoms with Gasteiger partial charge < -0.3 is 9.64 Å². The minimum absolute atomic E-state index is 0.0715. The number of alkyl halides is 1. The van der Waals surface area contributed by atoms with Gasteiger partial charge in [-0.1, -0.05) is 45.2 Å². The molecule has 0 spiro atoms. The molecule has 1 aromatic carbocycles. The molecule has 1 aromatic heterocycles. The smallest absolute Gasteiger partial charge is 0.233 e. The van der Waals surface area contributed by atoms with E-state index in [1.807, 2.05) is 23.1 Å². The second-order valence-corrected chi connectivity index (χ2v) is 7.98. The molecule has 8 heteroatoms. The lowest BCUT2D eigenvalue weighted by Gasteiger charge is -2.19. The summed E-state index contributed by atoms with van der Waals surface area (Å²) in [5.41, 5.74) is 1.56. The Bertz CT molecular complexity index is 886. The predicted molar refractivity (Wildman–Crippen MR) is 112 cm³/mol. The van der Waals surface area contributed by atoms with E-state index in [4.69, 9.17) is 33.2 Å². The zero-order valence-corrected chi connectivity index (χ0v) is 18.0. The predicted octanol–water partition coefficient (Wildman–Crippen LogP) is 4.67. The van der Waals surface area contributed by atoms with E-state index in [0.717, 1.165) is 12.0 Å². The molecule has 0 aliphatic carbocycles. The van der Waals surface area contributed by atoms with Gasteiger partial charge in [-0.2, -0.15) is 5.26 Å². The summed E-state index contributed by atoms with van der Waals surface area (Å²) in [6.45, 7) is 1.78. The largest absolute Gasteiger partial charge is 0.478 e. The van der Waals surface area contributed by atoms with Crippen LogP contribution in [-0.4, -0.2) is 40.8 Å². The van der Waals surface area contributed by atoms with Crippen molar-refractivity contribution in [2.45, 2.75) is 12.3 Å². The summed E-state index contributed by atoms with van der Waals surface area (Å²) in [4.78, 5) is 18.2. The fourth-order valence-corrected chi connectivity index (χ4v) is 4.08. The number of amides is 1. The SMILES string of the molecule is N#Cc1ccc(OCCC2CN(C(=O)CBr)CC2c2ccc(Cl)c(Cl)c2)nc1. The minimum Gasteiger partial charge on any atom is -0.478 e. The van der Waals surface area contributed by atoms with Gasteiger partial charge in [-0.15, -0.1) is 0 Å². The van der Waals surface area contributed by atoms with Crippen LogP contribution in [-0.2, 0) is 4.79 Å². The third-order valence-corrected chi connectivity index (χ3v) is 6.10. The van der Waals surface area contributed by atoms with E-state index in [-0.39, 0.29) is 17.7 Å². The van der Waals surface area contributed by atoms with Crippen LogP contribution in [0.3, 0.4) is 0 Å². The first-order chi connectivity index (χ1) is 13.5. The van der Waals surface area contributed by atoms with E-state index in [0.29, 0.717) is 46.5 Å². The Morgan fingerprint density at radius 3 is 2.75 bits per heavy atom.